The summed E-state index contributed by atoms with van der Waals surface area (Å²) in [4.78, 5) is 6.54. The van der Waals surface area contributed by atoms with Crippen LogP contribution in [0.15, 0.2) is 394 Å². The number of ether oxygens (including phenoxy) is 1. The summed E-state index contributed by atoms with van der Waals surface area (Å²) in [6.07, 6.45) is 0. The van der Waals surface area contributed by atoms with E-state index >= 15 is 0 Å². The van der Waals surface area contributed by atoms with Crippen LogP contribution < -0.4 is 52.2 Å². The fourth-order valence-corrected chi connectivity index (χ4v) is 20.6. The Morgan fingerprint density at radius 3 is 1.35 bits per heavy atom. The van der Waals surface area contributed by atoms with Gasteiger partial charge in [0.1, 0.15) is 11.5 Å². The molecule has 6 nitrogen and oxygen atoms in total. The molecule has 0 N–H and O–H groups in total. The van der Waals surface area contributed by atoms with Gasteiger partial charge in [0, 0.05) is 83.2 Å². The van der Waals surface area contributed by atoms with Crippen LogP contribution in [0.5, 0.6) is 11.5 Å². The van der Waals surface area contributed by atoms with E-state index in [9.17, 15) is 26.0 Å². The van der Waals surface area contributed by atoms with Crippen LogP contribution in [-0.2, 0) is 16.2 Å². The number of anilines is 9. The first-order valence-electron chi connectivity index (χ1n) is 54.0. The van der Waals surface area contributed by atoms with Crippen LogP contribution in [0.1, 0.15) is 108 Å². The minimum atomic E-state index is -1.53. The summed E-state index contributed by atoms with van der Waals surface area (Å²) in [5.74, 6) is 0.353. The van der Waals surface area contributed by atoms with Crippen molar-refractivity contribution in [3.63, 3.8) is 0 Å². The smallest absolute Gasteiger partial charge is 0.256 e. The third-order valence-electron chi connectivity index (χ3n) is 26.5. The second kappa shape index (κ2) is 27.9. The third-order valence-corrected chi connectivity index (χ3v) is 26.5. The highest BCUT2D eigenvalue weighted by atomic mass is 16.5. The lowest BCUT2D eigenvalue weighted by Gasteiger charge is -2.48. The first kappa shape index (κ1) is 55.2. The Morgan fingerprint density at radius 2 is 0.787 bits per heavy atom. The molecule has 0 fully saturated rings. The van der Waals surface area contributed by atoms with Crippen molar-refractivity contribution in [2.45, 2.75) is 71.6 Å². The van der Waals surface area contributed by atoms with E-state index in [4.69, 9.17) is 8.85 Å². The van der Waals surface area contributed by atoms with Gasteiger partial charge in [-0.25, -0.2) is 0 Å². The van der Waals surface area contributed by atoms with Crippen molar-refractivity contribution >= 4 is 141 Å². The molecule has 5 aliphatic rings. The van der Waals surface area contributed by atoms with Crippen molar-refractivity contribution < 1.29 is 34.9 Å². The molecule has 602 valence electrons. The monoisotopic (exact) mass is 1650 g/mol. The van der Waals surface area contributed by atoms with Crippen molar-refractivity contribution in [1.29, 1.82) is 0 Å². The zero-order chi connectivity index (χ0) is 104. The molecule has 0 spiro atoms. The minimum Gasteiger partial charge on any atom is -0.456 e. The standard InChI is InChI=1S/C119H89B2N5O/c1-117(2,3)82-66-89(76-40-19-11-20-41-76)112(90(67-82)77-42-21-12-22-43-77)125-105-70-84(122-100-54-31-27-48-86(100)87-49-28-32-55-101(87)122)60-62-96(105)120-99-73-108-111-116(127-109-65-81(75-38-17-10-18-39-75)58-61-97(109)121(111)98-53-35-50-88-93-64-80(74-36-15-9-16-37-74)59-63-102(93)124(108)114(88)98)115(99)126(113-91(78-44-23-13-24-45-78)68-83(118(4,5)6)69-92(113)79-46-25-14-26-47-79)107-72-85(71-106(125)110(107)120)123-103-56-33-29-51-94(103)119(7,8)95-52-30-34-57-104(95)123/h9-73H,1-8H3/i9D,15D,16D,27D,28D,31D,32D,35D,36D,37D,48D,49D,50D,53D,54D,55D,59D,60D,62D,63D,64D,70D. The molecule has 8 heteroatoms. The van der Waals surface area contributed by atoms with E-state index in [-0.39, 0.29) is 77.5 Å². The van der Waals surface area contributed by atoms with Gasteiger partial charge in [0.2, 0.25) is 0 Å². The average Bonchev–Trinajstić information content (AvgIpc) is 1.64. The van der Waals surface area contributed by atoms with Gasteiger partial charge in [0.15, 0.2) is 0 Å². The molecule has 0 amide bonds. The molecule has 0 saturated carbocycles. The number of fused-ring (bicyclic) bond motifs is 17. The molecule has 0 radical (unpaired) electrons. The Balaban J connectivity index is 0.967. The maximum Gasteiger partial charge on any atom is 0.256 e. The SMILES string of the molecule is [2H]c1c([2H])c([2H])c(-c2c([2H])c([2H])c3c(c2[2H])c2c([2H])c([2H])c([2H])c4c2n3-c2cc3c(c5c2B4c2ccc(-c4ccccc4)cc2O5)N(c2c(-c4ccccc4)cc(C(C)(C)C)cc2-c2ccccc2)c2cc(N4c5ccccc5C(C)(C)c5ccccc54)cc4c2B3c2c([2H])c([2H])c(-n3c5c([2H])c([2H])c([2H])c([2H])c5c5c([2H])c([2H])c([2H])c([2H])c53)c([2H])c2N4c2c(-c3ccccc3)cc(C(C)(C)C)cc2-c2ccccc2)c([2H])c1[2H]. The normalized spacial score (nSPS) is 16.1. The van der Waals surface area contributed by atoms with Crippen LogP contribution in [-0.4, -0.2) is 22.6 Å². The lowest BCUT2D eigenvalue weighted by Crippen LogP contribution is -2.64. The first-order valence-corrected chi connectivity index (χ1v) is 43.0. The van der Waals surface area contributed by atoms with Crippen LogP contribution in [0.2, 0.25) is 0 Å². The van der Waals surface area contributed by atoms with Gasteiger partial charge in [0.25, 0.3) is 13.4 Å². The van der Waals surface area contributed by atoms with E-state index < -0.39 is 190 Å². The maximum atomic E-state index is 12.4. The fraction of sp³-hybridized carbons (Fsp3) is 0.0924. The van der Waals surface area contributed by atoms with Crippen molar-refractivity contribution in [1.82, 2.24) is 9.13 Å². The summed E-state index contributed by atoms with van der Waals surface area (Å²) in [6, 6.07) is 71.9. The van der Waals surface area contributed by atoms with E-state index in [1.54, 1.807) is 4.57 Å². The van der Waals surface area contributed by atoms with E-state index in [0.717, 1.165) is 54.9 Å². The highest BCUT2D eigenvalue weighted by Gasteiger charge is 2.52. The summed E-state index contributed by atoms with van der Waals surface area (Å²) >= 11 is 0. The predicted molar refractivity (Wildman–Crippen MR) is 537 cm³/mol. The van der Waals surface area contributed by atoms with Gasteiger partial charge in [-0.1, -0.05) is 352 Å². The second-order valence-corrected chi connectivity index (χ2v) is 36.1. The highest BCUT2D eigenvalue weighted by Crippen LogP contribution is 2.60. The molecule has 0 atom stereocenters. The van der Waals surface area contributed by atoms with Gasteiger partial charge in [-0.2, -0.15) is 0 Å². The third kappa shape index (κ3) is 11.2. The van der Waals surface area contributed by atoms with E-state index in [1.165, 1.54) is 0 Å². The molecule has 25 rings (SSSR count). The number of nitrogens with zero attached hydrogens (tertiary/aromatic N) is 5. The van der Waals surface area contributed by atoms with Gasteiger partial charge in [-0.05, 0) is 207 Å². The van der Waals surface area contributed by atoms with Crippen molar-refractivity contribution in [3.05, 3.63) is 416 Å². The Labute approximate surface area is 773 Å². The second-order valence-electron chi connectivity index (χ2n) is 36.1. The van der Waals surface area contributed by atoms with E-state index in [0.29, 0.717) is 83.8 Å². The molecule has 0 unspecified atom stereocenters. The molecule has 5 aliphatic heterocycles. The topological polar surface area (TPSA) is 28.8 Å². The number of hydrogen-bond acceptors (Lipinski definition) is 4. The number of rotatable bonds is 10. The molecular formula is C119H89B2N5O. The molecule has 0 aliphatic carbocycles. The average molecular weight is 1650 g/mol. The maximum absolute atomic E-state index is 12.4. The van der Waals surface area contributed by atoms with Gasteiger partial charge < -0.3 is 28.6 Å². The zero-order valence-corrected chi connectivity index (χ0v) is 70.6. The molecule has 127 heavy (non-hydrogen) atoms. The first-order chi connectivity index (χ1) is 71.2. The van der Waals surface area contributed by atoms with E-state index in [2.05, 4.69) is 150 Å². The van der Waals surface area contributed by atoms with Crippen LogP contribution in [0.4, 0.5) is 51.2 Å². The molecule has 0 bridgehead atoms. The Bertz CT molecular complexity index is 9140. The number of hydrogen-bond donors (Lipinski definition) is 0. The molecule has 7 heterocycles. The molecule has 2 aromatic heterocycles. The Kier molecular flexibility index (Phi) is 12.1. The van der Waals surface area contributed by atoms with Crippen LogP contribution in [0.3, 0.4) is 0 Å². The predicted octanol–water partition coefficient (Wildman–Crippen LogP) is 27.6. The molecule has 20 aromatic rings. The fourth-order valence-electron chi connectivity index (χ4n) is 20.6. The summed E-state index contributed by atoms with van der Waals surface area (Å²) < 4.78 is 236. The lowest BCUT2D eigenvalue weighted by atomic mass is 9.31. The quantitative estimate of drug-likeness (QED) is 0.128. The molecule has 18 aromatic carbocycles. The summed E-state index contributed by atoms with van der Waals surface area (Å²) in [5, 5.41) is -1.04. The van der Waals surface area contributed by atoms with Gasteiger partial charge in [0.05, 0.1) is 80.8 Å². The van der Waals surface area contributed by atoms with Crippen LogP contribution >= 0.6 is 0 Å². The van der Waals surface area contributed by atoms with Gasteiger partial charge >= 0.3 is 0 Å². The Hall–Kier alpha value is -15.1. The largest absolute Gasteiger partial charge is 0.456 e. The summed E-state index contributed by atoms with van der Waals surface area (Å²) in [5.41, 5.74) is 12.2. The number of benzene rings is 18. The summed E-state index contributed by atoms with van der Waals surface area (Å²) in [6.45, 7) is 14.6. The van der Waals surface area contributed by atoms with Crippen molar-refractivity contribution in [2.24, 2.45) is 0 Å². The van der Waals surface area contributed by atoms with Crippen molar-refractivity contribution in [2.75, 3.05) is 14.7 Å². The minimum absolute atomic E-state index is 0.0178. The Morgan fingerprint density at radius 1 is 0.299 bits per heavy atom. The number of aromatic nitrogens is 2. The molecular weight excluding hydrogens is 1540 g/mol. The van der Waals surface area contributed by atoms with Crippen LogP contribution in [0.25, 0.3) is 122 Å². The van der Waals surface area contributed by atoms with Crippen molar-refractivity contribution in [3.8, 4) is 89.6 Å². The summed E-state index contributed by atoms with van der Waals surface area (Å²) in [7, 11) is 0. The van der Waals surface area contributed by atoms with Crippen LogP contribution in [0, 0.1) is 0 Å². The highest BCUT2D eigenvalue weighted by molar-refractivity contribution is 7.02. The lowest BCUT2D eigenvalue weighted by molar-refractivity contribution is 0.489. The van der Waals surface area contributed by atoms with E-state index in [1.807, 2.05) is 181 Å². The zero-order valence-electron chi connectivity index (χ0n) is 92.6. The van der Waals surface area contributed by atoms with Gasteiger partial charge in [-0.15, -0.1) is 0 Å². The van der Waals surface area contributed by atoms with Gasteiger partial charge in [-0.3, -0.25) is 0 Å². The molecule has 0 saturated heterocycles. The number of para-hydroxylation sites is 5.